The minimum atomic E-state index is -0.431. The maximum absolute atomic E-state index is 12.7. The molecule has 4 rings (SSSR count). The summed E-state index contributed by atoms with van der Waals surface area (Å²) >= 11 is 0. The third kappa shape index (κ3) is 3.15. The number of amides is 1. The minimum absolute atomic E-state index is 0.0646. The van der Waals surface area contributed by atoms with Crippen LogP contribution in [0.2, 0.25) is 0 Å². The molecule has 0 saturated carbocycles. The summed E-state index contributed by atoms with van der Waals surface area (Å²) < 4.78 is 13.3. The van der Waals surface area contributed by atoms with Gasteiger partial charge < -0.3 is 19.7 Å². The number of carbonyl (C=O) groups excluding carboxylic acids is 1. The Balaban J connectivity index is 1.45. The van der Waals surface area contributed by atoms with E-state index in [1.54, 1.807) is 4.68 Å². The Kier molecular flexibility index (Phi) is 4.22. The molecule has 2 aliphatic heterocycles. The summed E-state index contributed by atoms with van der Waals surface area (Å²) in [5, 5.41) is 8.84. The number of hydrogen-bond donors (Lipinski definition) is 1. The average molecular weight is 330 g/mol. The molecule has 128 valence electrons. The zero-order valence-corrected chi connectivity index (χ0v) is 13.6. The smallest absolute Gasteiger partial charge is 0.244 e. The Morgan fingerprint density at radius 1 is 1.33 bits per heavy atom. The maximum Gasteiger partial charge on any atom is 0.244 e. The molecule has 2 fully saturated rings. The topological polar surface area (TPSA) is 68.6 Å². The quantitative estimate of drug-likeness (QED) is 0.855. The Morgan fingerprint density at radius 2 is 2.25 bits per heavy atom. The molecule has 0 radical (unpaired) electrons. The molecule has 1 atom stereocenters. The molecule has 0 aliphatic carbocycles. The zero-order valence-electron chi connectivity index (χ0n) is 13.6. The first-order chi connectivity index (χ1) is 11.7. The van der Waals surface area contributed by atoms with E-state index in [4.69, 9.17) is 9.47 Å². The molecule has 7 heteroatoms. The van der Waals surface area contributed by atoms with Gasteiger partial charge in [-0.25, -0.2) is 0 Å². The van der Waals surface area contributed by atoms with Crippen LogP contribution >= 0.6 is 0 Å². The van der Waals surface area contributed by atoms with Crippen LogP contribution in [0.5, 0.6) is 0 Å². The van der Waals surface area contributed by atoms with Crippen LogP contribution in [0.15, 0.2) is 30.5 Å². The number of ether oxygens (including phenoxy) is 2. The molecule has 7 nitrogen and oxygen atoms in total. The van der Waals surface area contributed by atoms with E-state index in [1.807, 2.05) is 35.4 Å². The Morgan fingerprint density at radius 3 is 3.17 bits per heavy atom. The van der Waals surface area contributed by atoms with Gasteiger partial charge in [0.2, 0.25) is 5.91 Å². The molecular formula is C17H22N4O3. The normalized spacial score (nSPS) is 25.1. The summed E-state index contributed by atoms with van der Waals surface area (Å²) in [6.07, 6.45) is 1.92. The summed E-state index contributed by atoms with van der Waals surface area (Å²) in [5.41, 5.74) is 0.476. The van der Waals surface area contributed by atoms with E-state index in [-0.39, 0.29) is 12.5 Å². The number of nitrogens with one attached hydrogen (secondary N) is 1. The molecule has 1 N–H and O–H groups in total. The highest BCUT2D eigenvalue weighted by Crippen LogP contribution is 2.20. The molecule has 1 unspecified atom stereocenters. The lowest BCUT2D eigenvalue weighted by Crippen LogP contribution is -2.59. The summed E-state index contributed by atoms with van der Waals surface area (Å²) in [6.45, 7) is 4.69. The summed E-state index contributed by atoms with van der Waals surface area (Å²) in [4.78, 5) is 14.6. The molecule has 2 aliphatic rings. The highest BCUT2D eigenvalue weighted by atomic mass is 16.5. The SMILES string of the molecule is O=C(Cn1cc2ccccc2n1)N1CCOC2(CNCCOC2)C1. The predicted molar refractivity (Wildman–Crippen MR) is 88.7 cm³/mol. The van der Waals surface area contributed by atoms with Gasteiger partial charge in [0.15, 0.2) is 0 Å². The lowest BCUT2D eigenvalue weighted by atomic mass is 10.0. The predicted octanol–water partition coefficient (Wildman–Crippen LogP) is 0.254. The fourth-order valence-electron chi connectivity index (χ4n) is 3.36. The van der Waals surface area contributed by atoms with Gasteiger partial charge in [0.05, 0.1) is 31.9 Å². The fourth-order valence-corrected chi connectivity index (χ4v) is 3.36. The second kappa shape index (κ2) is 6.51. The number of nitrogens with zero attached hydrogens (tertiary/aromatic N) is 3. The summed E-state index contributed by atoms with van der Waals surface area (Å²) in [6, 6.07) is 7.88. The number of rotatable bonds is 2. The third-order valence-corrected chi connectivity index (χ3v) is 4.59. The van der Waals surface area contributed by atoms with Crippen LogP contribution in [0, 0.1) is 0 Å². The number of hydrogen-bond acceptors (Lipinski definition) is 5. The van der Waals surface area contributed by atoms with Crippen molar-refractivity contribution < 1.29 is 14.3 Å². The molecule has 1 aromatic heterocycles. The van der Waals surface area contributed by atoms with Crippen LogP contribution in [0.4, 0.5) is 0 Å². The van der Waals surface area contributed by atoms with Crippen molar-refractivity contribution in [2.45, 2.75) is 12.1 Å². The van der Waals surface area contributed by atoms with E-state index in [2.05, 4.69) is 10.4 Å². The Labute approximate surface area is 140 Å². The summed E-state index contributed by atoms with van der Waals surface area (Å²) in [5.74, 6) is 0.0646. The third-order valence-electron chi connectivity index (χ3n) is 4.59. The first-order valence-electron chi connectivity index (χ1n) is 8.37. The Hall–Kier alpha value is -1.96. The molecule has 24 heavy (non-hydrogen) atoms. The first kappa shape index (κ1) is 15.6. The molecule has 1 amide bonds. The number of aromatic nitrogens is 2. The lowest BCUT2D eigenvalue weighted by Gasteiger charge is -2.41. The van der Waals surface area contributed by atoms with Crippen molar-refractivity contribution in [3.05, 3.63) is 30.5 Å². The highest BCUT2D eigenvalue weighted by molar-refractivity contribution is 5.80. The van der Waals surface area contributed by atoms with Crippen molar-refractivity contribution in [3.8, 4) is 0 Å². The van der Waals surface area contributed by atoms with Crippen LogP contribution in [0.1, 0.15) is 0 Å². The van der Waals surface area contributed by atoms with Crippen LogP contribution < -0.4 is 5.32 Å². The van der Waals surface area contributed by atoms with Crippen molar-refractivity contribution in [2.24, 2.45) is 0 Å². The van der Waals surface area contributed by atoms with Gasteiger partial charge in [0, 0.05) is 31.2 Å². The molecule has 1 spiro atoms. The van der Waals surface area contributed by atoms with Crippen LogP contribution in [0.25, 0.3) is 10.9 Å². The fraction of sp³-hybridized carbons (Fsp3) is 0.529. The second-order valence-corrected chi connectivity index (χ2v) is 6.46. The van der Waals surface area contributed by atoms with E-state index in [0.717, 1.165) is 17.4 Å². The van der Waals surface area contributed by atoms with Crippen molar-refractivity contribution >= 4 is 16.8 Å². The van der Waals surface area contributed by atoms with E-state index >= 15 is 0 Å². The van der Waals surface area contributed by atoms with Gasteiger partial charge in [-0.2, -0.15) is 5.10 Å². The second-order valence-electron chi connectivity index (χ2n) is 6.46. The van der Waals surface area contributed by atoms with Gasteiger partial charge in [0.25, 0.3) is 0 Å². The molecule has 2 saturated heterocycles. The minimum Gasteiger partial charge on any atom is -0.377 e. The molecule has 1 aromatic carbocycles. The van der Waals surface area contributed by atoms with Crippen LogP contribution in [-0.2, 0) is 20.8 Å². The van der Waals surface area contributed by atoms with Gasteiger partial charge >= 0.3 is 0 Å². The standard InChI is InChI=1S/C17H22N4O3/c22-16(10-21-9-14-3-1-2-4-15(14)19-21)20-6-8-24-17(12-20)11-18-5-7-23-13-17/h1-4,9,18H,5-8,10-13H2. The van der Waals surface area contributed by atoms with E-state index < -0.39 is 5.60 Å². The largest absolute Gasteiger partial charge is 0.377 e. The number of carbonyl (C=O) groups is 1. The average Bonchev–Trinajstić information content (AvgIpc) is 2.87. The maximum atomic E-state index is 12.7. The van der Waals surface area contributed by atoms with Crippen LogP contribution in [0.3, 0.4) is 0 Å². The van der Waals surface area contributed by atoms with Crippen molar-refractivity contribution in [2.75, 3.05) is 46.0 Å². The van der Waals surface area contributed by atoms with E-state index in [9.17, 15) is 4.79 Å². The van der Waals surface area contributed by atoms with E-state index in [0.29, 0.717) is 39.5 Å². The van der Waals surface area contributed by atoms with Crippen LogP contribution in [-0.4, -0.2) is 72.2 Å². The van der Waals surface area contributed by atoms with Gasteiger partial charge in [0.1, 0.15) is 12.1 Å². The Bertz CT molecular complexity index is 688. The number of morpholine rings is 1. The van der Waals surface area contributed by atoms with Gasteiger partial charge in [-0.05, 0) is 6.07 Å². The molecule has 2 aromatic rings. The molecule has 3 heterocycles. The molecule has 0 bridgehead atoms. The zero-order chi connectivity index (χ0) is 16.4. The van der Waals surface area contributed by atoms with Gasteiger partial charge in [-0.15, -0.1) is 0 Å². The van der Waals surface area contributed by atoms with E-state index in [1.165, 1.54) is 0 Å². The monoisotopic (exact) mass is 330 g/mol. The van der Waals surface area contributed by atoms with Gasteiger partial charge in [-0.3, -0.25) is 9.48 Å². The number of fused-ring (bicyclic) bond motifs is 1. The van der Waals surface area contributed by atoms with Gasteiger partial charge in [-0.1, -0.05) is 18.2 Å². The molecular weight excluding hydrogens is 308 g/mol. The van der Waals surface area contributed by atoms with Crippen molar-refractivity contribution in [1.82, 2.24) is 20.0 Å². The summed E-state index contributed by atoms with van der Waals surface area (Å²) in [7, 11) is 0. The number of benzene rings is 1. The lowest BCUT2D eigenvalue weighted by molar-refractivity contribution is -0.158. The highest BCUT2D eigenvalue weighted by Gasteiger charge is 2.39. The first-order valence-corrected chi connectivity index (χ1v) is 8.37. The van der Waals surface area contributed by atoms with Crippen molar-refractivity contribution in [1.29, 1.82) is 0 Å². The van der Waals surface area contributed by atoms with Crippen molar-refractivity contribution in [3.63, 3.8) is 0 Å².